The van der Waals surface area contributed by atoms with Gasteiger partial charge in [0.2, 0.25) is 0 Å². The highest BCUT2D eigenvalue weighted by molar-refractivity contribution is 6.08. The molecule has 3 N–H and O–H groups in total. The fourth-order valence-electron chi connectivity index (χ4n) is 3.03. The number of β-amino-alcohol motifs (C(OH)–C–C–N with tert-alkyl or cyclic N) is 1. The number of methoxy groups -OCH3 is 1. The Balaban J connectivity index is 1.97. The summed E-state index contributed by atoms with van der Waals surface area (Å²) in [4.78, 5) is 29.3. The summed E-state index contributed by atoms with van der Waals surface area (Å²) < 4.78 is 4.79. The predicted molar refractivity (Wildman–Crippen MR) is 94.1 cm³/mol. The van der Waals surface area contributed by atoms with Gasteiger partial charge in [0, 0.05) is 28.8 Å². The minimum absolute atomic E-state index is 0.124. The van der Waals surface area contributed by atoms with E-state index < -0.39 is 5.97 Å². The number of aromatic amines is 1. The van der Waals surface area contributed by atoms with E-state index in [1.54, 1.807) is 0 Å². The number of H-pyrrole nitrogens is 1. The molecule has 0 saturated heterocycles. The molecular weight excluding hydrogens is 322 g/mol. The van der Waals surface area contributed by atoms with Crippen molar-refractivity contribution in [2.75, 3.05) is 32.1 Å². The number of fused-ring (bicyclic) bond motifs is 1. The number of nitrogens with one attached hydrogen (secondary N) is 2. The normalized spacial score (nSPS) is 14.6. The number of nitrogens with zero attached hydrogens (tertiary/aromatic N) is 1. The highest BCUT2D eigenvalue weighted by Crippen LogP contribution is 2.27. The molecule has 0 saturated carbocycles. The molecule has 1 aliphatic rings. The van der Waals surface area contributed by atoms with Gasteiger partial charge in [-0.1, -0.05) is 0 Å². The van der Waals surface area contributed by atoms with E-state index in [4.69, 9.17) is 9.84 Å². The zero-order valence-electron chi connectivity index (χ0n) is 14.5. The van der Waals surface area contributed by atoms with Crippen molar-refractivity contribution < 1.29 is 19.4 Å². The smallest absolute Gasteiger partial charge is 0.337 e. The second-order valence-electron chi connectivity index (χ2n) is 6.06. The van der Waals surface area contributed by atoms with E-state index >= 15 is 0 Å². The van der Waals surface area contributed by atoms with E-state index in [2.05, 4.69) is 10.3 Å². The summed E-state index contributed by atoms with van der Waals surface area (Å²) in [7, 11) is 1.28. The summed E-state index contributed by atoms with van der Waals surface area (Å²) >= 11 is 0. The number of hydrogen-bond donors (Lipinski definition) is 3. The Morgan fingerprint density at radius 1 is 1.40 bits per heavy atom. The van der Waals surface area contributed by atoms with Gasteiger partial charge in [0.1, 0.15) is 5.70 Å². The van der Waals surface area contributed by atoms with Crippen molar-refractivity contribution in [2.24, 2.45) is 0 Å². The van der Waals surface area contributed by atoms with Crippen LogP contribution in [-0.4, -0.2) is 53.7 Å². The van der Waals surface area contributed by atoms with Gasteiger partial charge in [-0.15, -0.1) is 0 Å². The van der Waals surface area contributed by atoms with E-state index in [9.17, 15) is 9.59 Å². The van der Waals surface area contributed by atoms with E-state index in [1.807, 2.05) is 32.0 Å². The number of aliphatic hydroxyl groups excluding tert-OH is 1. The lowest BCUT2D eigenvalue weighted by atomic mass is 10.1. The highest BCUT2D eigenvalue weighted by atomic mass is 16.5. The van der Waals surface area contributed by atoms with Gasteiger partial charge in [0.15, 0.2) is 0 Å². The molecule has 25 heavy (non-hydrogen) atoms. The van der Waals surface area contributed by atoms with Crippen LogP contribution < -0.4 is 5.32 Å². The maximum Gasteiger partial charge on any atom is 0.337 e. The molecule has 0 bridgehead atoms. The van der Waals surface area contributed by atoms with Crippen molar-refractivity contribution in [3.8, 4) is 0 Å². The number of aryl methyl sites for hydroxylation is 2. The van der Waals surface area contributed by atoms with Crippen LogP contribution in [0.3, 0.4) is 0 Å². The second kappa shape index (κ2) is 6.60. The molecule has 7 heteroatoms. The first kappa shape index (κ1) is 17.0. The maximum atomic E-state index is 12.5. The molecule has 0 atom stereocenters. The summed E-state index contributed by atoms with van der Waals surface area (Å²) in [5.41, 5.74) is 4.42. The second-order valence-corrected chi connectivity index (χ2v) is 6.06. The number of carbonyl (C=O) groups excluding carboxylic acids is 2. The topological polar surface area (TPSA) is 94.7 Å². The third-order valence-corrected chi connectivity index (χ3v) is 4.53. The molecule has 0 aliphatic carbocycles. The zero-order chi connectivity index (χ0) is 18.1. The number of anilines is 1. The first-order valence-electron chi connectivity index (χ1n) is 8.03. The van der Waals surface area contributed by atoms with Gasteiger partial charge in [-0.2, -0.15) is 0 Å². The number of aliphatic hydroxyl groups is 1. The standard InChI is InChI=1S/C18H21N3O4/c1-10-11(2)19-15-5-4-12(8-13(10)15)20-16-14(18(24)25-3)9-21(6-7-22)17(16)23/h4-5,8,19-20,22H,6-7,9H2,1-3H3. The van der Waals surface area contributed by atoms with Crippen LogP contribution in [0.15, 0.2) is 29.5 Å². The van der Waals surface area contributed by atoms with Gasteiger partial charge >= 0.3 is 5.97 Å². The van der Waals surface area contributed by atoms with Crippen molar-refractivity contribution in [1.82, 2.24) is 9.88 Å². The molecule has 0 fully saturated rings. The van der Waals surface area contributed by atoms with Crippen LogP contribution in [0.4, 0.5) is 5.69 Å². The lowest BCUT2D eigenvalue weighted by Gasteiger charge is -2.15. The number of esters is 1. The minimum atomic E-state index is -0.550. The van der Waals surface area contributed by atoms with Gasteiger partial charge in [0.25, 0.3) is 5.91 Å². The first-order chi connectivity index (χ1) is 12.0. The number of amides is 1. The largest absolute Gasteiger partial charge is 0.466 e. The van der Waals surface area contributed by atoms with Crippen LogP contribution >= 0.6 is 0 Å². The van der Waals surface area contributed by atoms with Gasteiger partial charge in [-0.25, -0.2) is 4.79 Å². The average Bonchev–Trinajstić information content (AvgIpc) is 3.06. The molecule has 1 amide bonds. The van der Waals surface area contributed by atoms with Crippen LogP contribution in [0.5, 0.6) is 0 Å². The number of benzene rings is 1. The van der Waals surface area contributed by atoms with E-state index in [0.29, 0.717) is 5.69 Å². The third kappa shape index (κ3) is 2.98. The zero-order valence-corrected chi connectivity index (χ0v) is 14.5. The fourth-order valence-corrected chi connectivity index (χ4v) is 3.03. The molecule has 0 unspecified atom stereocenters. The van der Waals surface area contributed by atoms with E-state index in [1.165, 1.54) is 12.0 Å². The molecule has 1 aromatic heterocycles. The van der Waals surface area contributed by atoms with Gasteiger partial charge < -0.3 is 25.0 Å². The Labute approximate surface area is 145 Å². The van der Waals surface area contributed by atoms with Crippen molar-refractivity contribution in [3.63, 3.8) is 0 Å². The summed E-state index contributed by atoms with van der Waals surface area (Å²) in [6, 6.07) is 5.72. The molecule has 0 spiro atoms. The van der Waals surface area contributed by atoms with E-state index in [0.717, 1.165) is 22.2 Å². The Kier molecular flexibility index (Phi) is 4.50. The highest BCUT2D eigenvalue weighted by Gasteiger charge is 2.34. The summed E-state index contributed by atoms with van der Waals surface area (Å²) in [6.45, 7) is 4.16. The molecule has 1 aromatic carbocycles. The minimum Gasteiger partial charge on any atom is -0.466 e. The number of hydrogen-bond acceptors (Lipinski definition) is 5. The monoisotopic (exact) mass is 343 g/mol. The van der Waals surface area contributed by atoms with Crippen molar-refractivity contribution >= 4 is 28.5 Å². The number of rotatable bonds is 5. The van der Waals surface area contributed by atoms with Crippen molar-refractivity contribution in [1.29, 1.82) is 0 Å². The molecular formula is C18H21N3O4. The molecule has 2 heterocycles. The summed E-state index contributed by atoms with van der Waals surface area (Å²) in [5, 5.41) is 13.2. The van der Waals surface area contributed by atoms with Crippen molar-refractivity contribution in [2.45, 2.75) is 13.8 Å². The first-order valence-corrected chi connectivity index (χ1v) is 8.03. The van der Waals surface area contributed by atoms with Crippen LogP contribution in [0.2, 0.25) is 0 Å². The summed E-state index contributed by atoms with van der Waals surface area (Å²) in [5.74, 6) is -0.873. The molecule has 1 aliphatic heterocycles. The third-order valence-electron chi connectivity index (χ3n) is 4.53. The van der Waals surface area contributed by atoms with Crippen LogP contribution in [0.1, 0.15) is 11.3 Å². The van der Waals surface area contributed by atoms with Crippen LogP contribution in [0, 0.1) is 13.8 Å². The molecule has 2 aromatic rings. The Morgan fingerprint density at radius 3 is 2.84 bits per heavy atom. The van der Waals surface area contributed by atoms with Crippen LogP contribution in [0.25, 0.3) is 10.9 Å². The van der Waals surface area contributed by atoms with Crippen molar-refractivity contribution in [3.05, 3.63) is 40.7 Å². The molecule has 0 radical (unpaired) electrons. The molecule has 7 nitrogen and oxygen atoms in total. The van der Waals surface area contributed by atoms with Gasteiger partial charge in [-0.3, -0.25) is 4.79 Å². The Hall–Kier alpha value is -2.80. The maximum absolute atomic E-state index is 12.5. The van der Waals surface area contributed by atoms with E-state index in [-0.39, 0.29) is 36.9 Å². The van der Waals surface area contributed by atoms with Crippen LogP contribution in [-0.2, 0) is 14.3 Å². The number of carbonyl (C=O) groups is 2. The molecule has 3 rings (SSSR count). The SMILES string of the molecule is COC(=O)C1=C(Nc2ccc3[nH]c(C)c(C)c3c2)C(=O)N(CCO)C1. The lowest BCUT2D eigenvalue weighted by Crippen LogP contribution is -2.31. The Bertz CT molecular complexity index is 882. The van der Waals surface area contributed by atoms with Gasteiger partial charge in [-0.05, 0) is 37.6 Å². The predicted octanol–water partition coefficient (Wildman–Crippen LogP) is 1.46. The summed E-state index contributed by atoms with van der Waals surface area (Å²) in [6.07, 6.45) is 0. The number of aromatic nitrogens is 1. The van der Waals surface area contributed by atoms with Gasteiger partial charge in [0.05, 0.1) is 25.8 Å². The fraction of sp³-hybridized carbons (Fsp3) is 0.333. The average molecular weight is 343 g/mol. The number of ether oxygens (including phenoxy) is 1. The Morgan fingerprint density at radius 2 is 2.16 bits per heavy atom. The lowest BCUT2D eigenvalue weighted by molar-refractivity contribution is -0.136. The quantitative estimate of drug-likeness (QED) is 0.715. The molecule has 132 valence electrons.